The van der Waals surface area contributed by atoms with Gasteiger partial charge in [-0.3, -0.25) is 0 Å². The molecule has 4 heteroatoms. The topological polar surface area (TPSA) is 38.3 Å². The Morgan fingerprint density at radius 2 is 1.69 bits per heavy atom. The lowest BCUT2D eigenvalue weighted by Crippen LogP contribution is -2.59. The molecular weight excluding hydrogens is 340 g/mol. The number of hydrogen-bond acceptors (Lipinski definition) is 3. The molecule has 4 saturated carbocycles. The molecule has 142 valence electrons. The average molecular weight is 373 g/mol. The minimum atomic E-state index is -0.846. The van der Waals surface area contributed by atoms with Crippen molar-refractivity contribution in [3.8, 4) is 0 Å². The quantitative estimate of drug-likeness (QED) is 0.777. The largest absolute Gasteiger partial charge is 0.598 e. The molecule has 4 aliphatic carbocycles. The molecule has 1 saturated heterocycles. The molecule has 6 rings (SSSR count). The molecule has 5 fully saturated rings. The van der Waals surface area contributed by atoms with E-state index in [0.29, 0.717) is 6.04 Å². The Morgan fingerprint density at radius 1 is 1.04 bits per heavy atom. The summed E-state index contributed by atoms with van der Waals surface area (Å²) in [4.78, 5) is 2.54. The zero-order valence-corrected chi connectivity index (χ0v) is 16.6. The summed E-state index contributed by atoms with van der Waals surface area (Å²) in [5.41, 5.74) is 1.42. The highest BCUT2D eigenvalue weighted by atomic mass is 32.2. The molecular formula is C22H32N2OS. The molecule has 0 aromatic heterocycles. The van der Waals surface area contributed by atoms with Crippen LogP contribution in [0.5, 0.6) is 0 Å². The van der Waals surface area contributed by atoms with E-state index in [4.69, 9.17) is 0 Å². The highest BCUT2D eigenvalue weighted by molar-refractivity contribution is 7.90. The second kappa shape index (κ2) is 7.12. The standard InChI is InChI=1S/C22H32N2OS/c25-26(22-13-18-10-19(14-22)12-20(11-18)15-22)23-21-7-9-24(16-21)8-6-17-4-2-1-3-5-17/h1-5,18-21,23H,6-16H2/t18?,19?,20?,21?,22?,26-/m0/s1. The maximum absolute atomic E-state index is 13.3. The zero-order chi connectivity index (χ0) is 17.6. The van der Waals surface area contributed by atoms with Gasteiger partial charge in [0, 0.05) is 43.7 Å². The lowest BCUT2D eigenvalue weighted by Gasteiger charge is -2.55. The van der Waals surface area contributed by atoms with Gasteiger partial charge in [-0.25, -0.2) is 0 Å². The van der Waals surface area contributed by atoms with Crippen LogP contribution in [0.1, 0.15) is 50.5 Å². The summed E-state index contributed by atoms with van der Waals surface area (Å²) in [5.74, 6) is 2.62. The number of benzene rings is 1. The molecule has 1 unspecified atom stereocenters. The van der Waals surface area contributed by atoms with Crippen molar-refractivity contribution in [1.82, 2.24) is 9.62 Å². The van der Waals surface area contributed by atoms with Crippen molar-refractivity contribution >= 4 is 11.4 Å². The lowest BCUT2D eigenvalue weighted by atomic mass is 9.56. The Morgan fingerprint density at radius 3 is 2.35 bits per heavy atom. The summed E-state index contributed by atoms with van der Waals surface area (Å²) in [7, 11) is 0. The Hall–Kier alpha value is -0.550. The van der Waals surface area contributed by atoms with Gasteiger partial charge in [0.25, 0.3) is 0 Å². The van der Waals surface area contributed by atoms with E-state index in [1.807, 2.05) is 0 Å². The first kappa shape index (κ1) is 17.5. The van der Waals surface area contributed by atoms with Crippen LogP contribution < -0.4 is 4.72 Å². The highest BCUT2D eigenvalue weighted by Gasteiger charge is 2.58. The van der Waals surface area contributed by atoms with Crippen molar-refractivity contribution in [2.75, 3.05) is 19.6 Å². The first-order valence-electron chi connectivity index (χ1n) is 10.6. The van der Waals surface area contributed by atoms with Crippen molar-refractivity contribution in [2.45, 2.75) is 62.2 Å². The van der Waals surface area contributed by atoms with E-state index in [2.05, 4.69) is 40.0 Å². The van der Waals surface area contributed by atoms with E-state index in [1.165, 1.54) is 44.1 Å². The van der Waals surface area contributed by atoms with E-state index in [1.54, 1.807) is 0 Å². The third kappa shape index (κ3) is 3.46. The predicted molar refractivity (Wildman–Crippen MR) is 107 cm³/mol. The molecule has 1 N–H and O–H groups in total. The normalized spacial score (nSPS) is 40.2. The van der Waals surface area contributed by atoms with Crippen molar-refractivity contribution < 1.29 is 4.55 Å². The third-order valence-corrected chi connectivity index (χ3v) is 9.31. The van der Waals surface area contributed by atoms with Gasteiger partial charge in [0.15, 0.2) is 0 Å². The smallest absolute Gasteiger partial charge is 0.146 e. The van der Waals surface area contributed by atoms with E-state index in [0.717, 1.165) is 50.2 Å². The number of nitrogens with zero attached hydrogens (tertiary/aromatic N) is 1. The maximum atomic E-state index is 13.3. The maximum Gasteiger partial charge on any atom is 0.146 e. The number of nitrogens with one attached hydrogen (secondary N) is 1. The van der Waals surface area contributed by atoms with Gasteiger partial charge in [-0.2, -0.15) is 0 Å². The SMILES string of the molecule is [O-][S@+](NC1CCN(CCc2ccccc2)C1)C12CC3CC(CC(C3)C1)C2. The average Bonchev–Trinajstić information content (AvgIpc) is 3.07. The zero-order valence-electron chi connectivity index (χ0n) is 15.7. The van der Waals surface area contributed by atoms with E-state index >= 15 is 0 Å². The number of likely N-dealkylation sites (tertiary alicyclic amines) is 1. The molecule has 0 radical (unpaired) electrons. The molecule has 26 heavy (non-hydrogen) atoms. The number of rotatable bonds is 6. The lowest BCUT2D eigenvalue weighted by molar-refractivity contribution is 0.0332. The van der Waals surface area contributed by atoms with E-state index in [9.17, 15) is 4.55 Å². The van der Waals surface area contributed by atoms with E-state index < -0.39 is 11.4 Å². The molecule has 1 aromatic rings. The van der Waals surface area contributed by atoms with Crippen LogP contribution in [0.25, 0.3) is 0 Å². The minimum absolute atomic E-state index is 0.117. The van der Waals surface area contributed by atoms with Crippen LogP contribution in [0.3, 0.4) is 0 Å². The summed E-state index contributed by atoms with van der Waals surface area (Å²) >= 11 is -0.846. The predicted octanol–water partition coefficient (Wildman–Crippen LogP) is 3.53. The molecule has 0 amide bonds. The van der Waals surface area contributed by atoms with Crippen LogP contribution in [0.15, 0.2) is 30.3 Å². The Labute approximate surface area is 161 Å². The second-order valence-corrected chi connectivity index (χ2v) is 11.1. The molecule has 1 aromatic carbocycles. The van der Waals surface area contributed by atoms with Gasteiger partial charge in [0.2, 0.25) is 0 Å². The monoisotopic (exact) mass is 372 g/mol. The Kier molecular flexibility index (Phi) is 4.80. The van der Waals surface area contributed by atoms with Crippen molar-refractivity contribution in [1.29, 1.82) is 0 Å². The van der Waals surface area contributed by atoms with Gasteiger partial charge in [0.05, 0.1) is 6.04 Å². The fraction of sp³-hybridized carbons (Fsp3) is 0.727. The summed E-state index contributed by atoms with van der Waals surface area (Å²) in [6.45, 7) is 3.32. The fourth-order valence-electron chi connectivity index (χ4n) is 6.60. The second-order valence-electron chi connectivity index (χ2n) is 9.51. The summed E-state index contributed by atoms with van der Waals surface area (Å²) in [5, 5.41) is 0. The molecule has 4 bridgehead atoms. The van der Waals surface area contributed by atoms with E-state index in [-0.39, 0.29) is 4.75 Å². The van der Waals surface area contributed by atoms with Crippen LogP contribution in [0, 0.1) is 17.8 Å². The Balaban J connectivity index is 1.14. The van der Waals surface area contributed by atoms with Crippen molar-refractivity contribution in [3.05, 3.63) is 35.9 Å². The summed E-state index contributed by atoms with van der Waals surface area (Å²) < 4.78 is 17.0. The fourth-order valence-corrected chi connectivity index (χ4v) is 8.50. The highest BCUT2D eigenvalue weighted by Crippen LogP contribution is 2.58. The van der Waals surface area contributed by atoms with Gasteiger partial charge >= 0.3 is 0 Å². The van der Waals surface area contributed by atoms with Crippen LogP contribution in [-0.2, 0) is 17.8 Å². The van der Waals surface area contributed by atoms with Crippen LogP contribution in [0.2, 0.25) is 0 Å². The molecule has 0 spiro atoms. The van der Waals surface area contributed by atoms with Gasteiger partial charge < -0.3 is 9.45 Å². The molecule has 5 aliphatic rings. The summed E-state index contributed by atoms with van der Waals surface area (Å²) in [6, 6.07) is 11.2. The summed E-state index contributed by atoms with van der Waals surface area (Å²) in [6.07, 6.45) is 10.2. The Bertz CT molecular complexity index is 587. The van der Waals surface area contributed by atoms with Crippen LogP contribution >= 0.6 is 0 Å². The molecule has 1 heterocycles. The van der Waals surface area contributed by atoms with Gasteiger partial charge in [-0.15, -0.1) is 4.72 Å². The van der Waals surface area contributed by atoms with Gasteiger partial charge in [-0.05, 0) is 62.0 Å². The van der Waals surface area contributed by atoms with Gasteiger partial charge in [0.1, 0.15) is 4.75 Å². The van der Waals surface area contributed by atoms with Crippen molar-refractivity contribution in [2.24, 2.45) is 17.8 Å². The van der Waals surface area contributed by atoms with Gasteiger partial charge in [-0.1, -0.05) is 30.3 Å². The van der Waals surface area contributed by atoms with Crippen molar-refractivity contribution in [3.63, 3.8) is 0 Å². The minimum Gasteiger partial charge on any atom is -0.598 e. The first-order chi connectivity index (χ1) is 12.7. The first-order valence-corrected chi connectivity index (χ1v) is 11.8. The third-order valence-electron chi connectivity index (χ3n) is 7.48. The van der Waals surface area contributed by atoms with Crippen LogP contribution in [-0.4, -0.2) is 39.9 Å². The number of hydrogen-bond donors (Lipinski definition) is 1. The van der Waals surface area contributed by atoms with Crippen LogP contribution in [0.4, 0.5) is 0 Å². The molecule has 1 aliphatic heterocycles. The molecule has 2 atom stereocenters. The molecule has 3 nitrogen and oxygen atoms in total.